The van der Waals surface area contributed by atoms with Crippen LogP contribution in [0.4, 0.5) is 0 Å². The molecule has 0 radical (unpaired) electrons. The van der Waals surface area contributed by atoms with Crippen LogP contribution in [0.2, 0.25) is 0 Å². The third kappa shape index (κ3) is 9.24. The molecular weight excluding hydrogens is 212 g/mol. The molecule has 1 aliphatic carbocycles. The van der Waals surface area contributed by atoms with Gasteiger partial charge in [0, 0.05) is 0 Å². The Hall–Kier alpha value is -1.07. The van der Waals surface area contributed by atoms with Crippen LogP contribution in [0.15, 0.2) is 0 Å². The van der Waals surface area contributed by atoms with E-state index in [4.69, 9.17) is 10.5 Å². The van der Waals surface area contributed by atoms with Crippen LogP contribution >= 0.6 is 0 Å². The standard InChI is InChI=1S/C8H16.C2N2O2S/c1-2-4-6-8-7-5-3-1;3-1-7(5,6)2-4/h1-8H2;. The van der Waals surface area contributed by atoms with Crippen LogP contribution in [0.3, 0.4) is 0 Å². The third-order valence-corrected chi connectivity index (χ3v) is 2.72. The van der Waals surface area contributed by atoms with Gasteiger partial charge in [-0.25, -0.2) is 0 Å². The van der Waals surface area contributed by atoms with Gasteiger partial charge in [-0.15, -0.1) is 0 Å². The van der Waals surface area contributed by atoms with E-state index in [0.717, 1.165) is 10.8 Å². The molecule has 0 aliphatic heterocycles. The molecule has 0 saturated heterocycles. The Kier molecular flexibility index (Phi) is 7.67. The molecule has 0 atom stereocenters. The average molecular weight is 228 g/mol. The van der Waals surface area contributed by atoms with Gasteiger partial charge in [-0.1, -0.05) is 51.4 Å². The highest BCUT2D eigenvalue weighted by atomic mass is 32.2. The van der Waals surface area contributed by atoms with Crippen molar-refractivity contribution in [2.75, 3.05) is 0 Å². The number of rotatable bonds is 0. The number of thiocyanates is 2. The normalized spacial score (nSPS) is 16.9. The van der Waals surface area contributed by atoms with E-state index in [9.17, 15) is 8.42 Å². The number of nitrogens with zero attached hydrogens (tertiary/aromatic N) is 2. The summed E-state index contributed by atoms with van der Waals surface area (Å²) in [6, 6.07) is 0. The first-order valence-corrected chi connectivity index (χ1v) is 6.67. The second-order valence-electron chi connectivity index (χ2n) is 3.51. The van der Waals surface area contributed by atoms with Gasteiger partial charge in [0.2, 0.25) is 10.8 Å². The minimum absolute atomic E-state index is 0.802. The van der Waals surface area contributed by atoms with Crippen molar-refractivity contribution in [3.8, 4) is 10.8 Å². The monoisotopic (exact) mass is 228 g/mol. The highest BCUT2D eigenvalue weighted by Gasteiger charge is 2.01. The van der Waals surface area contributed by atoms with Crippen molar-refractivity contribution in [1.82, 2.24) is 0 Å². The summed E-state index contributed by atoms with van der Waals surface area (Å²) in [6.45, 7) is 0. The van der Waals surface area contributed by atoms with Gasteiger partial charge in [-0.3, -0.25) is 0 Å². The first-order chi connectivity index (χ1) is 7.12. The van der Waals surface area contributed by atoms with E-state index in [0.29, 0.717) is 0 Å². The Bertz CT molecular complexity index is 291. The highest BCUT2D eigenvalue weighted by molar-refractivity contribution is 8.00. The molecule has 1 rings (SSSR count). The van der Waals surface area contributed by atoms with Crippen molar-refractivity contribution in [2.45, 2.75) is 51.4 Å². The zero-order valence-corrected chi connectivity index (χ0v) is 9.59. The molecule has 5 heteroatoms. The van der Waals surface area contributed by atoms with Crippen molar-refractivity contribution in [3.63, 3.8) is 0 Å². The van der Waals surface area contributed by atoms with Gasteiger partial charge < -0.3 is 0 Å². The zero-order chi connectivity index (χ0) is 11.6. The van der Waals surface area contributed by atoms with E-state index in [1.165, 1.54) is 51.4 Å². The van der Waals surface area contributed by atoms with Crippen molar-refractivity contribution >= 4 is 9.84 Å². The average Bonchev–Trinajstić information content (AvgIpc) is 2.18. The SMILES string of the molecule is C1CCCCCCC1.N#CS(=O)(=O)C#N. The molecule has 0 aromatic heterocycles. The Labute approximate surface area is 91.4 Å². The second-order valence-corrected chi connectivity index (χ2v) is 4.89. The van der Waals surface area contributed by atoms with Crippen molar-refractivity contribution in [3.05, 3.63) is 0 Å². The van der Waals surface area contributed by atoms with E-state index < -0.39 is 9.84 Å². The van der Waals surface area contributed by atoms with Crippen molar-refractivity contribution in [2.24, 2.45) is 0 Å². The van der Waals surface area contributed by atoms with Gasteiger partial charge in [0.25, 0.3) is 0 Å². The van der Waals surface area contributed by atoms with E-state index >= 15 is 0 Å². The lowest BCUT2D eigenvalue weighted by Crippen LogP contribution is -1.85. The van der Waals surface area contributed by atoms with Crippen LogP contribution in [-0.2, 0) is 9.84 Å². The molecule has 84 valence electrons. The number of hydrogen-bond donors (Lipinski definition) is 0. The van der Waals surface area contributed by atoms with E-state index in [1.807, 2.05) is 0 Å². The van der Waals surface area contributed by atoms with Crippen LogP contribution in [0, 0.1) is 21.3 Å². The van der Waals surface area contributed by atoms with E-state index in [2.05, 4.69) is 0 Å². The summed E-state index contributed by atoms with van der Waals surface area (Å²) >= 11 is 0. The molecule has 0 aromatic carbocycles. The maximum Gasteiger partial charge on any atom is 0.333 e. The molecule has 0 heterocycles. The maximum absolute atomic E-state index is 9.65. The zero-order valence-electron chi connectivity index (χ0n) is 8.78. The fraction of sp³-hybridized carbons (Fsp3) is 0.800. The second kappa shape index (κ2) is 8.26. The van der Waals surface area contributed by atoms with Crippen LogP contribution in [0.5, 0.6) is 0 Å². The topological polar surface area (TPSA) is 81.7 Å². The largest absolute Gasteiger partial charge is 0.333 e. The minimum Gasteiger partial charge on any atom is -0.197 e. The molecule has 0 bridgehead atoms. The van der Waals surface area contributed by atoms with E-state index in [-0.39, 0.29) is 0 Å². The number of hydrogen-bond acceptors (Lipinski definition) is 4. The molecule has 0 unspecified atom stereocenters. The molecule has 0 N–H and O–H groups in total. The van der Waals surface area contributed by atoms with Crippen LogP contribution < -0.4 is 0 Å². The summed E-state index contributed by atoms with van der Waals surface area (Å²) in [5.41, 5.74) is 0. The highest BCUT2D eigenvalue weighted by Crippen LogP contribution is 2.15. The van der Waals surface area contributed by atoms with Crippen LogP contribution in [0.25, 0.3) is 0 Å². The van der Waals surface area contributed by atoms with E-state index in [1.54, 1.807) is 0 Å². The Balaban J connectivity index is 0.000000265. The molecule has 0 aromatic rings. The fourth-order valence-electron chi connectivity index (χ4n) is 1.43. The lowest BCUT2D eigenvalue weighted by atomic mass is 10.0. The van der Waals surface area contributed by atoms with Gasteiger partial charge in [-0.05, 0) is 0 Å². The van der Waals surface area contributed by atoms with Gasteiger partial charge in [0.1, 0.15) is 0 Å². The third-order valence-electron chi connectivity index (χ3n) is 2.24. The first-order valence-electron chi connectivity index (χ1n) is 5.19. The molecule has 1 saturated carbocycles. The smallest absolute Gasteiger partial charge is 0.197 e. The summed E-state index contributed by atoms with van der Waals surface area (Å²) in [6.07, 6.45) is 12.0. The first kappa shape index (κ1) is 13.9. The van der Waals surface area contributed by atoms with Crippen molar-refractivity contribution < 1.29 is 8.42 Å². The van der Waals surface area contributed by atoms with Crippen LogP contribution in [0.1, 0.15) is 51.4 Å². The Morgan fingerprint density at radius 2 is 0.867 bits per heavy atom. The molecular formula is C10H16N2O2S. The molecule has 0 spiro atoms. The van der Waals surface area contributed by atoms with Gasteiger partial charge in [0.15, 0.2) is 0 Å². The van der Waals surface area contributed by atoms with Gasteiger partial charge in [0.05, 0.1) is 0 Å². The predicted molar refractivity (Wildman–Crippen MR) is 57.1 cm³/mol. The number of sulfone groups is 1. The summed E-state index contributed by atoms with van der Waals surface area (Å²) < 4.78 is 19.3. The van der Waals surface area contributed by atoms with Gasteiger partial charge in [-0.2, -0.15) is 18.9 Å². The number of nitriles is 2. The summed E-state index contributed by atoms with van der Waals surface area (Å²) in [5.74, 6) is 0. The molecule has 1 fully saturated rings. The quantitative estimate of drug-likeness (QED) is 0.471. The molecule has 4 nitrogen and oxygen atoms in total. The minimum atomic E-state index is -4.05. The Morgan fingerprint density at radius 3 is 0.933 bits per heavy atom. The lowest BCUT2D eigenvalue weighted by molar-refractivity contribution is 0.504. The van der Waals surface area contributed by atoms with Crippen LogP contribution in [-0.4, -0.2) is 8.42 Å². The maximum atomic E-state index is 9.65. The summed E-state index contributed by atoms with van der Waals surface area (Å²) in [4.78, 5) is 0. The molecule has 0 amide bonds. The van der Waals surface area contributed by atoms with Gasteiger partial charge >= 0.3 is 9.84 Å². The molecule has 15 heavy (non-hydrogen) atoms. The summed E-state index contributed by atoms with van der Waals surface area (Å²) in [5, 5.41) is 16.7. The Morgan fingerprint density at radius 1 is 0.667 bits per heavy atom. The molecule has 1 aliphatic rings. The summed E-state index contributed by atoms with van der Waals surface area (Å²) in [7, 11) is -4.05. The lowest BCUT2D eigenvalue weighted by Gasteiger charge is -2.05. The van der Waals surface area contributed by atoms with Crippen molar-refractivity contribution in [1.29, 1.82) is 10.5 Å². The predicted octanol–water partition coefficient (Wildman–Crippen LogP) is 2.48. The fourth-order valence-corrected chi connectivity index (χ4v) is 1.48.